The number of benzene rings is 1. The topological polar surface area (TPSA) is 37.3 Å². The van der Waals surface area contributed by atoms with Crippen LogP contribution in [0.2, 0.25) is 0 Å². The van der Waals surface area contributed by atoms with E-state index in [1.807, 2.05) is 12.2 Å². The van der Waals surface area contributed by atoms with Crippen molar-refractivity contribution in [3.63, 3.8) is 0 Å². The molecule has 4 aliphatic rings. The Labute approximate surface area is 200 Å². The van der Waals surface area contributed by atoms with Crippen molar-refractivity contribution < 1.29 is 9.90 Å². The highest BCUT2D eigenvalue weighted by Gasteiger charge is 2.59. The number of carbonyl (C=O) groups excluding carboxylic acids is 1. The van der Waals surface area contributed by atoms with Crippen LogP contribution in [0.4, 0.5) is 0 Å². The molecule has 3 fully saturated rings. The van der Waals surface area contributed by atoms with Gasteiger partial charge in [0.1, 0.15) is 0 Å². The highest BCUT2D eigenvalue weighted by Crippen LogP contribution is 2.66. The Balaban J connectivity index is 1.32. The largest absolute Gasteiger partial charge is 0.393 e. The van der Waals surface area contributed by atoms with Crippen molar-refractivity contribution in [3.05, 3.63) is 53.1 Å². The van der Waals surface area contributed by atoms with Crippen molar-refractivity contribution >= 4 is 11.9 Å². The molecule has 33 heavy (non-hydrogen) atoms. The summed E-state index contributed by atoms with van der Waals surface area (Å²) in [6.07, 6.45) is 15.0. The molecule has 2 heteroatoms. The van der Waals surface area contributed by atoms with Crippen LogP contribution < -0.4 is 0 Å². The molecule has 4 aliphatic carbocycles. The van der Waals surface area contributed by atoms with E-state index in [-0.39, 0.29) is 22.9 Å². The number of hydrogen-bond donors (Lipinski definition) is 1. The van der Waals surface area contributed by atoms with E-state index < -0.39 is 0 Å². The number of allylic oxidation sites excluding steroid dienone is 2. The van der Waals surface area contributed by atoms with Crippen molar-refractivity contribution in [1.82, 2.24) is 0 Å². The molecule has 2 nitrogen and oxygen atoms in total. The van der Waals surface area contributed by atoms with Crippen LogP contribution in [0.3, 0.4) is 0 Å². The lowest BCUT2D eigenvalue weighted by Crippen LogP contribution is -2.50. The third-order valence-electron chi connectivity index (χ3n) is 10.5. The smallest absolute Gasteiger partial charge is 0.159 e. The highest BCUT2D eigenvalue weighted by atomic mass is 16.3. The van der Waals surface area contributed by atoms with Gasteiger partial charge in [-0.15, -0.1) is 0 Å². The SMILES string of the molecule is CC(C)c1ccc(/C=C/C(=O)[C@H]2CC[C@H]3[C@@H]4CC=C5C[C@@H](O)CC[C@]5(C)[C@H]4CC[C@]23C)cc1. The Morgan fingerprint density at radius 1 is 1.03 bits per heavy atom. The first kappa shape index (κ1) is 23.1. The van der Waals surface area contributed by atoms with E-state index in [0.29, 0.717) is 23.5 Å². The van der Waals surface area contributed by atoms with Crippen molar-refractivity contribution in [3.8, 4) is 0 Å². The van der Waals surface area contributed by atoms with Crippen molar-refractivity contribution in [2.75, 3.05) is 0 Å². The molecule has 0 amide bonds. The van der Waals surface area contributed by atoms with Crippen molar-refractivity contribution in [2.45, 2.75) is 91.1 Å². The lowest BCUT2D eigenvalue weighted by molar-refractivity contribution is -0.124. The zero-order chi connectivity index (χ0) is 23.4. The van der Waals surface area contributed by atoms with Gasteiger partial charge in [-0.2, -0.15) is 0 Å². The van der Waals surface area contributed by atoms with Gasteiger partial charge in [-0.25, -0.2) is 0 Å². The monoisotopic (exact) mass is 446 g/mol. The van der Waals surface area contributed by atoms with Gasteiger partial charge in [0.2, 0.25) is 0 Å². The summed E-state index contributed by atoms with van der Waals surface area (Å²) < 4.78 is 0. The third-order valence-corrected chi connectivity index (χ3v) is 10.5. The van der Waals surface area contributed by atoms with Gasteiger partial charge in [0.25, 0.3) is 0 Å². The number of aliphatic hydroxyl groups excluding tert-OH is 1. The van der Waals surface area contributed by atoms with Crippen LogP contribution >= 0.6 is 0 Å². The number of ketones is 1. The van der Waals surface area contributed by atoms with Crippen LogP contribution in [0.25, 0.3) is 6.08 Å². The zero-order valence-electron chi connectivity index (χ0n) is 21.0. The van der Waals surface area contributed by atoms with Crippen molar-refractivity contribution in [1.29, 1.82) is 0 Å². The molecule has 1 aromatic rings. The summed E-state index contributed by atoms with van der Waals surface area (Å²) in [4.78, 5) is 13.4. The summed E-state index contributed by atoms with van der Waals surface area (Å²) in [6.45, 7) is 9.33. The average Bonchev–Trinajstić information content (AvgIpc) is 3.15. The predicted molar refractivity (Wildman–Crippen MR) is 136 cm³/mol. The molecule has 0 aliphatic heterocycles. The predicted octanol–water partition coefficient (Wildman–Crippen LogP) is 7.33. The Bertz CT molecular complexity index is 954. The summed E-state index contributed by atoms with van der Waals surface area (Å²) >= 11 is 0. The Hall–Kier alpha value is -1.67. The van der Waals surface area contributed by atoms with E-state index in [0.717, 1.165) is 43.6 Å². The first-order valence-corrected chi connectivity index (χ1v) is 13.4. The quantitative estimate of drug-likeness (QED) is 0.388. The van der Waals surface area contributed by atoms with Gasteiger partial charge < -0.3 is 5.11 Å². The Morgan fingerprint density at radius 2 is 1.79 bits per heavy atom. The maximum Gasteiger partial charge on any atom is 0.159 e. The third kappa shape index (κ3) is 3.87. The minimum absolute atomic E-state index is 0.139. The Kier molecular flexibility index (Phi) is 5.96. The van der Waals surface area contributed by atoms with E-state index in [1.165, 1.54) is 30.4 Å². The number of carbonyl (C=O) groups is 1. The van der Waals surface area contributed by atoms with Crippen LogP contribution in [0.1, 0.15) is 96.1 Å². The molecule has 0 radical (unpaired) electrons. The van der Waals surface area contributed by atoms with Crippen LogP contribution in [0, 0.1) is 34.5 Å². The highest BCUT2D eigenvalue weighted by molar-refractivity contribution is 5.96. The van der Waals surface area contributed by atoms with Crippen LogP contribution in [0.5, 0.6) is 0 Å². The fourth-order valence-corrected chi connectivity index (χ4v) is 8.40. The molecule has 7 atom stereocenters. The Morgan fingerprint density at radius 3 is 2.52 bits per heavy atom. The molecule has 0 saturated heterocycles. The molecule has 1 aromatic carbocycles. The second-order valence-electron chi connectivity index (χ2n) is 12.4. The van der Waals surface area contributed by atoms with Gasteiger partial charge in [-0.3, -0.25) is 4.79 Å². The van der Waals surface area contributed by atoms with Crippen LogP contribution in [0.15, 0.2) is 42.0 Å². The number of hydrogen-bond acceptors (Lipinski definition) is 2. The molecule has 0 unspecified atom stereocenters. The molecule has 0 aromatic heterocycles. The summed E-state index contributed by atoms with van der Waals surface area (Å²) in [6, 6.07) is 8.63. The van der Waals surface area contributed by atoms with Crippen molar-refractivity contribution in [2.24, 2.45) is 34.5 Å². The number of aliphatic hydroxyl groups is 1. The lowest BCUT2D eigenvalue weighted by Gasteiger charge is -2.57. The van der Waals surface area contributed by atoms with Gasteiger partial charge in [0.15, 0.2) is 5.78 Å². The molecular weight excluding hydrogens is 404 g/mol. The molecule has 0 spiro atoms. The normalized spacial score (nSPS) is 40.3. The van der Waals surface area contributed by atoms with E-state index in [4.69, 9.17) is 0 Å². The average molecular weight is 447 g/mol. The maximum absolute atomic E-state index is 13.4. The van der Waals surface area contributed by atoms with E-state index in [1.54, 1.807) is 0 Å². The molecule has 3 saturated carbocycles. The zero-order valence-corrected chi connectivity index (χ0v) is 21.0. The summed E-state index contributed by atoms with van der Waals surface area (Å²) in [5.41, 5.74) is 4.40. The van der Waals surface area contributed by atoms with Crippen LogP contribution in [-0.2, 0) is 4.79 Å². The second-order valence-corrected chi connectivity index (χ2v) is 12.4. The summed E-state index contributed by atoms with van der Waals surface area (Å²) in [5, 5.41) is 10.2. The fraction of sp³-hybridized carbons (Fsp3) is 0.645. The molecule has 178 valence electrons. The van der Waals surface area contributed by atoms with Gasteiger partial charge in [-0.1, -0.05) is 69.7 Å². The molecule has 1 N–H and O–H groups in total. The van der Waals surface area contributed by atoms with Gasteiger partial charge in [-0.05, 0) is 103 Å². The molecule has 0 bridgehead atoms. The molecule has 0 heterocycles. The number of rotatable bonds is 4. The van der Waals surface area contributed by atoms with E-state index >= 15 is 0 Å². The fourth-order valence-electron chi connectivity index (χ4n) is 8.40. The minimum atomic E-state index is -0.142. The first-order valence-electron chi connectivity index (χ1n) is 13.4. The maximum atomic E-state index is 13.4. The van der Waals surface area contributed by atoms with Crippen LogP contribution in [-0.4, -0.2) is 17.0 Å². The summed E-state index contributed by atoms with van der Waals surface area (Å²) in [7, 11) is 0. The standard InChI is InChI=1S/C31H42O2/c1-20(2)22-8-5-21(6-9-22)7-14-29(33)28-13-12-26-25-11-10-23-19-24(32)15-17-30(23,3)27(25)16-18-31(26,28)4/h5-10,14,20,24-28,32H,11-13,15-19H2,1-4H3/b14-7+/t24-,25-,26-,27-,28+,30-,31-/m0/s1. The minimum Gasteiger partial charge on any atom is -0.393 e. The second kappa shape index (κ2) is 8.52. The first-order chi connectivity index (χ1) is 15.7. The summed E-state index contributed by atoms with van der Waals surface area (Å²) in [5.74, 6) is 3.13. The number of fused-ring (bicyclic) bond motifs is 5. The van der Waals surface area contributed by atoms with E-state index in [9.17, 15) is 9.90 Å². The van der Waals surface area contributed by atoms with E-state index in [2.05, 4.69) is 58.0 Å². The van der Waals surface area contributed by atoms with Gasteiger partial charge >= 0.3 is 0 Å². The van der Waals surface area contributed by atoms with Gasteiger partial charge in [0.05, 0.1) is 6.10 Å². The lowest BCUT2D eigenvalue weighted by atomic mass is 9.47. The molecule has 5 rings (SSSR count). The van der Waals surface area contributed by atoms with Gasteiger partial charge in [0, 0.05) is 5.92 Å². The molecular formula is C31H42O2.